The summed E-state index contributed by atoms with van der Waals surface area (Å²) in [6, 6.07) is 34.1. The highest BCUT2D eigenvalue weighted by molar-refractivity contribution is 5.87. The minimum absolute atomic E-state index is 0.0479. The normalized spacial score (nSPS) is 16.8. The van der Waals surface area contributed by atoms with E-state index >= 15 is 0 Å². The molecule has 1 aliphatic rings. The maximum absolute atomic E-state index is 13.2. The average Bonchev–Trinajstić information content (AvgIpc) is 2.85. The van der Waals surface area contributed by atoms with Crippen LogP contribution in [-0.2, 0) is 17.6 Å². The van der Waals surface area contributed by atoms with E-state index in [-0.39, 0.29) is 18.0 Å². The van der Waals surface area contributed by atoms with Gasteiger partial charge in [0.15, 0.2) is 0 Å². The molecule has 0 saturated carbocycles. The molecule has 2 atom stereocenters. The topological polar surface area (TPSA) is 32.3 Å². The lowest BCUT2D eigenvalue weighted by atomic mass is 9.88. The molecule has 4 aromatic carbocycles. The average molecular weight is 435 g/mol. The van der Waals surface area contributed by atoms with Gasteiger partial charge in [-0.1, -0.05) is 97.1 Å². The van der Waals surface area contributed by atoms with Crippen molar-refractivity contribution in [3.05, 3.63) is 119 Å². The molecule has 0 unspecified atom stereocenters. The van der Waals surface area contributed by atoms with E-state index in [0.717, 1.165) is 24.9 Å². The van der Waals surface area contributed by atoms with Gasteiger partial charge >= 0.3 is 0 Å². The Hall–Kier alpha value is -3.43. The van der Waals surface area contributed by atoms with E-state index in [1.165, 1.54) is 27.5 Å². The number of hydrogen-bond donors (Lipinski definition) is 1. The summed E-state index contributed by atoms with van der Waals surface area (Å²) >= 11 is 0. The summed E-state index contributed by atoms with van der Waals surface area (Å²) < 4.78 is 0. The number of rotatable bonds is 6. The van der Waals surface area contributed by atoms with Gasteiger partial charge in [0.25, 0.3) is 0 Å². The van der Waals surface area contributed by atoms with Crippen LogP contribution in [0.1, 0.15) is 41.3 Å². The van der Waals surface area contributed by atoms with Crippen LogP contribution in [0.4, 0.5) is 0 Å². The Morgan fingerprint density at radius 3 is 2.52 bits per heavy atom. The summed E-state index contributed by atoms with van der Waals surface area (Å²) in [6.07, 6.45) is 1.89. The number of fused-ring (bicyclic) bond motifs is 2. The number of nitrogens with one attached hydrogen (secondary N) is 1. The van der Waals surface area contributed by atoms with Crippen molar-refractivity contribution in [1.82, 2.24) is 10.2 Å². The Balaban J connectivity index is 1.34. The van der Waals surface area contributed by atoms with Crippen LogP contribution in [0.3, 0.4) is 0 Å². The first kappa shape index (κ1) is 21.4. The molecule has 4 aromatic rings. The quantitative estimate of drug-likeness (QED) is 0.412. The first-order valence-corrected chi connectivity index (χ1v) is 11.8. The second-order valence-electron chi connectivity index (χ2n) is 8.98. The summed E-state index contributed by atoms with van der Waals surface area (Å²) in [6.45, 7) is 3.37. The molecule has 3 nitrogen and oxygen atoms in total. The Morgan fingerprint density at radius 2 is 1.64 bits per heavy atom. The van der Waals surface area contributed by atoms with Gasteiger partial charge in [0.2, 0.25) is 5.91 Å². The number of carbonyl (C=O) groups excluding carboxylic acids is 1. The molecule has 0 bridgehead atoms. The highest BCUT2D eigenvalue weighted by Gasteiger charge is 2.29. The Morgan fingerprint density at radius 1 is 0.909 bits per heavy atom. The monoisotopic (exact) mass is 434 g/mol. The molecular weight excluding hydrogens is 404 g/mol. The van der Waals surface area contributed by atoms with E-state index in [9.17, 15) is 4.79 Å². The summed E-state index contributed by atoms with van der Waals surface area (Å²) in [5.74, 6) is 0.0767. The number of hydrogen-bond acceptors (Lipinski definition) is 2. The minimum Gasteiger partial charge on any atom is -0.348 e. The lowest BCUT2D eigenvalue weighted by Crippen LogP contribution is -2.43. The fourth-order valence-corrected chi connectivity index (χ4v) is 5.15. The van der Waals surface area contributed by atoms with Gasteiger partial charge in [0.1, 0.15) is 0 Å². The van der Waals surface area contributed by atoms with Gasteiger partial charge in [0.05, 0.1) is 12.6 Å². The second-order valence-corrected chi connectivity index (χ2v) is 8.98. The largest absolute Gasteiger partial charge is 0.348 e. The minimum atomic E-state index is -0.0479. The van der Waals surface area contributed by atoms with Crippen molar-refractivity contribution in [1.29, 1.82) is 0 Å². The molecule has 0 fully saturated rings. The van der Waals surface area contributed by atoms with Crippen molar-refractivity contribution in [2.75, 3.05) is 13.1 Å². The van der Waals surface area contributed by atoms with Gasteiger partial charge in [-0.05, 0) is 52.8 Å². The van der Waals surface area contributed by atoms with Gasteiger partial charge in [-0.2, -0.15) is 0 Å². The number of carbonyl (C=O) groups is 1. The SMILES string of the molecule is C[C@@H](NC(=O)CN1CCc2ccccc2[C@@H]1Cc1ccccc1)c1cccc2ccccc12. The first-order chi connectivity index (χ1) is 16.2. The van der Waals surface area contributed by atoms with Crippen molar-refractivity contribution in [2.45, 2.75) is 31.8 Å². The summed E-state index contributed by atoms with van der Waals surface area (Å²) in [5, 5.41) is 5.66. The van der Waals surface area contributed by atoms with E-state index in [1.54, 1.807) is 0 Å². The third-order valence-corrected chi connectivity index (χ3v) is 6.81. The zero-order chi connectivity index (χ0) is 22.6. The van der Waals surface area contributed by atoms with Crippen molar-refractivity contribution >= 4 is 16.7 Å². The molecular formula is C30H30N2O. The standard InChI is InChI=1S/C30H30N2O/c1-22(26-17-9-14-24-12-5-7-15-27(24)26)31-30(33)21-32-19-18-25-13-6-8-16-28(25)29(32)20-23-10-3-2-4-11-23/h2-17,22,29H,18-21H2,1H3,(H,31,33)/t22-,29+/m1/s1. The fraction of sp³-hybridized carbons (Fsp3) is 0.233. The van der Waals surface area contributed by atoms with Crippen molar-refractivity contribution in [3.63, 3.8) is 0 Å². The zero-order valence-corrected chi connectivity index (χ0v) is 19.1. The molecule has 5 rings (SSSR count). The van der Waals surface area contributed by atoms with Crippen LogP contribution in [0.15, 0.2) is 97.1 Å². The van der Waals surface area contributed by atoms with Crippen LogP contribution in [0.5, 0.6) is 0 Å². The second kappa shape index (κ2) is 9.60. The molecule has 166 valence electrons. The molecule has 0 saturated heterocycles. The van der Waals surface area contributed by atoms with Crippen LogP contribution in [0.25, 0.3) is 10.8 Å². The predicted octanol–water partition coefficient (Wildman–Crippen LogP) is 5.86. The summed E-state index contributed by atoms with van der Waals surface area (Å²) in [7, 11) is 0. The summed E-state index contributed by atoms with van der Waals surface area (Å²) in [4.78, 5) is 15.5. The lowest BCUT2D eigenvalue weighted by molar-refractivity contribution is -0.123. The maximum Gasteiger partial charge on any atom is 0.234 e. The third kappa shape index (κ3) is 4.69. The fourth-order valence-electron chi connectivity index (χ4n) is 5.15. The molecule has 3 heteroatoms. The van der Waals surface area contributed by atoms with Crippen LogP contribution in [0.2, 0.25) is 0 Å². The number of amides is 1. The van der Waals surface area contributed by atoms with E-state index in [2.05, 4.69) is 114 Å². The van der Waals surface area contributed by atoms with Crippen LogP contribution >= 0.6 is 0 Å². The van der Waals surface area contributed by atoms with E-state index < -0.39 is 0 Å². The van der Waals surface area contributed by atoms with Crippen molar-refractivity contribution < 1.29 is 4.79 Å². The van der Waals surface area contributed by atoms with Crippen LogP contribution in [0, 0.1) is 0 Å². The Labute approximate surface area is 196 Å². The van der Waals surface area contributed by atoms with Crippen LogP contribution < -0.4 is 5.32 Å². The first-order valence-electron chi connectivity index (χ1n) is 11.8. The maximum atomic E-state index is 13.2. The third-order valence-electron chi connectivity index (χ3n) is 6.81. The molecule has 1 heterocycles. The lowest BCUT2D eigenvalue weighted by Gasteiger charge is -2.37. The van der Waals surface area contributed by atoms with Gasteiger partial charge < -0.3 is 5.32 Å². The van der Waals surface area contributed by atoms with Gasteiger partial charge in [-0.3, -0.25) is 9.69 Å². The van der Waals surface area contributed by atoms with E-state index in [1.807, 2.05) is 0 Å². The molecule has 1 amide bonds. The highest BCUT2D eigenvalue weighted by atomic mass is 16.2. The predicted molar refractivity (Wildman–Crippen MR) is 135 cm³/mol. The van der Waals surface area contributed by atoms with Gasteiger partial charge in [-0.15, -0.1) is 0 Å². The number of nitrogens with zero attached hydrogens (tertiary/aromatic N) is 1. The van der Waals surface area contributed by atoms with E-state index in [0.29, 0.717) is 6.54 Å². The van der Waals surface area contributed by atoms with E-state index in [4.69, 9.17) is 0 Å². The van der Waals surface area contributed by atoms with Crippen LogP contribution in [-0.4, -0.2) is 23.9 Å². The molecule has 1 N–H and O–H groups in total. The number of benzene rings is 4. The molecule has 0 radical (unpaired) electrons. The zero-order valence-electron chi connectivity index (χ0n) is 19.1. The Bertz CT molecular complexity index is 1250. The molecule has 1 aliphatic heterocycles. The highest BCUT2D eigenvalue weighted by Crippen LogP contribution is 2.32. The van der Waals surface area contributed by atoms with Crippen molar-refractivity contribution in [3.8, 4) is 0 Å². The van der Waals surface area contributed by atoms with Gasteiger partial charge in [0, 0.05) is 12.6 Å². The molecule has 0 aromatic heterocycles. The van der Waals surface area contributed by atoms with Gasteiger partial charge in [-0.25, -0.2) is 0 Å². The smallest absolute Gasteiger partial charge is 0.234 e. The molecule has 0 spiro atoms. The molecule has 0 aliphatic carbocycles. The summed E-state index contributed by atoms with van der Waals surface area (Å²) in [5.41, 5.74) is 5.21. The Kier molecular flexibility index (Phi) is 6.23. The molecule has 33 heavy (non-hydrogen) atoms. The van der Waals surface area contributed by atoms with Crippen molar-refractivity contribution in [2.24, 2.45) is 0 Å².